The van der Waals surface area contributed by atoms with Crippen molar-refractivity contribution in [1.29, 1.82) is 0 Å². The summed E-state index contributed by atoms with van der Waals surface area (Å²) in [6.45, 7) is 0. The number of hydrogen-bond acceptors (Lipinski definition) is 2. The summed E-state index contributed by atoms with van der Waals surface area (Å²) in [6, 6.07) is 26.5. The van der Waals surface area contributed by atoms with Crippen molar-refractivity contribution in [2.45, 2.75) is 6.42 Å². The van der Waals surface area contributed by atoms with Crippen molar-refractivity contribution in [3.05, 3.63) is 96.1 Å². The van der Waals surface area contributed by atoms with Crippen molar-refractivity contribution in [3.8, 4) is 11.1 Å². The van der Waals surface area contributed by atoms with E-state index in [-0.39, 0.29) is 0 Å². The minimum Gasteiger partial charge on any atom is -0.399 e. The molecule has 0 radical (unpaired) electrons. The van der Waals surface area contributed by atoms with E-state index in [1.807, 2.05) is 48.5 Å². The second-order valence-electron chi connectivity index (χ2n) is 5.55. The van der Waals surface area contributed by atoms with Crippen LogP contribution in [0.4, 0.5) is 5.69 Å². The molecule has 0 bridgehead atoms. The Labute approximate surface area is 137 Å². The maximum atomic E-state index is 6.20. The SMILES string of the molecule is N/C(=C\Cc1ccc(N)cc1)c1ccc(-c2ccccc2)cc1. The van der Waals surface area contributed by atoms with Gasteiger partial charge in [0.1, 0.15) is 0 Å². The van der Waals surface area contributed by atoms with E-state index < -0.39 is 0 Å². The van der Waals surface area contributed by atoms with Crippen LogP contribution >= 0.6 is 0 Å². The molecule has 2 heteroatoms. The van der Waals surface area contributed by atoms with Crippen LogP contribution in [0, 0.1) is 0 Å². The summed E-state index contributed by atoms with van der Waals surface area (Å²) in [5, 5.41) is 0. The van der Waals surface area contributed by atoms with Crippen LogP contribution in [0.15, 0.2) is 84.9 Å². The van der Waals surface area contributed by atoms with Crippen molar-refractivity contribution in [1.82, 2.24) is 0 Å². The van der Waals surface area contributed by atoms with E-state index in [4.69, 9.17) is 11.5 Å². The van der Waals surface area contributed by atoms with Crippen LogP contribution in [0.1, 0.15) is 11.1 Å². The second-order valence-corrected chi connectivity index (χ2v) is 5.55. The molecule has 114 valence electrons. The normalized spacial score (nSPS) is 11.4. The van der Waals surface area contributed by atoms with Gasteiger partial charge in [0.25, 0.3) is 0 Å². The Hall–Kier alpha value is -3.00. The molecule has 0 unspecified atom stereocenters. The van der Waals surface area contributed by atoms with Gasteiger partial charge < -0.3 is 11.5 Å². The maximum Gasteiger partial charge on any atom is 0.0350 e. The molecule has 3 aromatic rings. The number of nitrogens with two attached hydrogens (primary N) is 2. The van der Waals surface area contributed by atoms with Crippen LogP contribution in [0.3, 0.4) is 0 Å². The molecule has 4 N–H and O–H groups in total. The lowest BCUT2D eigenvalue weighted by Crippen LogP contribution is -1.97. The molecule has 0 aromatic heterocycles. The molecule has 0 aliphatic carbocycles. The molecule has 0 aliphatic rings. The summed E-state index contributed by atoms with van der Waals surface area (Å²) in [6.07, 6.45) is 2.84. The number of rotatable bonds is 4. The minimum absolute atomic E-state index is 0.780. The fraction of sp³-hybridized carbons (Fsp3) is 0.0476. The van der Waals surface area contributed by atoms with Gasteiger partial charge in [-0.2, -0.15) is 0 Å². The topological polar surface area (TPSA) is 52.0 Å². The summed E-state index contributed by atoms with van der Waals surface area (Å²) >= 11 is 0. The molecule has 0 spiro atoms. The third-order valence-electron chi connectivity index (χ3n) is 3.86. The van der Waals surface area contributed by atoms with Crippen molar-refractivity contribution in [3.63, 3.8) is 0 Å². The molecular weight excluding hydrogens is 280 g/mol. The van der Waals surface area contributed by atoms with Gasteiger partial charge in [-0.25, -0.2) is 0 Å². The first-order valence-electron chi connectivity index (χ1n) is 7.68. The lowest BCUT2D eigenvalue weighted by Gasteiger charge is -2.05. The van der Waals surface area contributed by atoms with Crippen molar-refractivity contribution < 1.29 is 0 Å². The average Bonchev–Trinajstić information content (AvgIpc) is 2.62. The van der Waals surface area contributed by atoms with E-state index in [1.54, 1.807) is 0 Å². The Balaban J connectivity index is 1.73. The molecule has 3 aromatic carbocycles. The van der Waals surface area contributed by atoms with Gasteiger partial charge in [-0.05, 0) is 40.8 Å². The summed E-state index contributed by atoms with van der Waals surface area (Å²) in [7, 11) is 0. The monoisotopic (exact) mass is 300 g/mol. The quantitative estimate of drug-likeness (QED) is 0.698. The predicted molar refractivity (Wildman–Crippen MR) is 98.6 cm³/mol. The zero-order valence-corrected chi connectivity index (χ0v) is 12.9. The molecule has 0 atom stereocenters. The van der Waals surface area contributed by atoms with Crippen LogP contribution in [-0.2, 0) is 6.42 Å². The highest BCUT2D eigenvalue weighted by Crippen LogP contribution is 2.21. The Morgan fingerprint density at radius 1 is 0.739 bits per heavy atom. The zero-order valence-electron chi connectivity index (χ0n) is 12.9. The van der Waals surface area contributed by atoms with Crippen molar-refractivity contribution >= 4 is 11.4 Å². The van der Waals surface area contributed by atoms with E-state index in [9.17, 15) is 0 Å². The highest BCUT2D eigenvalue weighted by Gasteiger charge is 2.00. The van der Waals surface area contributed by atoms with E-state index in [0.29, 0.717) is 0 Å². The van der Waals surface area contributed by atoms with Gasteiger partial charge in [0.2, 0.25) is 0 Å². The molecule has 3 rings (SSSR count). The fourth-order valence-corrected chi connectivity index (χ4v) is 2.49. The predicted octanol–water partition coefficient (Wildman–Crippen LogP) is 4.48. The number of hydrogen-bond donors (Lipinski definition) is 2. The van der Waals surface area contributed by atoms with Gasteiger partial charge in [0.05, 0.1) is 0 Å². The molecule has 0 fully saturated rings. The number of allylic oxidation sites excluding steroid dienone is 1. The first-order valence-corrected chi connectivity index (χ1v) is 7.68. The first-order chi connectivity index (χ1) is 11.2. The number of anilines is 1. The van der Waals surface area contributed by atoms with Gasteiger partial charge >= 0.3 is 0 Å². The Bertz CT molecular complexity index is 786. The summed E-state index contributed by atoms with van der Waals surface area (Å²) in [4.78, 5) is 0. The molecule has 0 saturated carbocycles. The molecular formula is C21H20N2. The van der Waals surface area contributed by atoms with Gasteiger partial charge in [-0.3, -0.25) is 0 Å². The largest absolute Gasteiger partial charge is 0.399 e. The summed E-state index contributed by atoms with van der Waals surface area (Å²) in [5.41, 5.74) is 18.1. The minimum atomic E-state index is 0.780. The fourth-order valence-electron chi connectivity index (χ4n) is 2.49. The van der Waals surface area contributed by atoms with Crippen LogP contribution in [0.25, 0.3) is 16.8 Å². The van der Waals surface area contributed by atoms with Crippen LogP contribution in [0.5, 0.6) is 0 Å². The van der Waals surface area contributed by atoms with Crippen molar-refractivity contribution in [2.24, 2.45) is 5.73 Å². The van der Waals surface area contributed by atoms with Crippen LogP contribution in [-0.4, -0.2) is 0 Å². The highest BCUT2D eigenvalue weighted by molar-refractivity contribution is 5.69. The Morgan fingerprint density at radius 3 is 2.00 bits per heavy atom. The van der Waals surface area contributed by atoms with Gasteiger partial charge in [-0.15, -0.1) is 0 Å². The molecule has 0 amide bonds. The zero-order chi connectivity index (χ0) is 16.1. The Morgan fingerprint density at radius 2 is 1.35 bits per heavy atom. The van der Waals surface area contributed by atoms with E-state index in [0.717, 1.165) is 23.4 Å². The maximum absolute atomic E-state index is 6.20. The molecule has 0 saturated heterocycles. The van der Waals surface area contributed by atoms with Crippen molar-refractivity contribution in [2.75, 3.05) is 5.73 Å². The van der Waals surface area contributed by atoms with Crippen LogP contribution < -0.4 is 11.5 Å². The number of benzene rings is 3. The molecule has 2 nitrogen and oxygen atoms in total. The first kappa shape index (κ1) is 14.9. The summed E-state index contributed by atoms with van der Waals surface area (Å²) in [5.74, 6) is 0. The third-order valence-corrected chi connectivity index (χ3v) is 3.86. The number of nitrogen functional groups attached to an aromatic ring is 1. The van der Waals surface area contributed by atoms with Gasteiger partial charge in [0, 0.05) is 11.4 Å². The summed E-state index contributed by atoms with van der Waals surface area (Å²) < 4.78 is 0. The van der Waals surface area contributed by atoms with Gasteiger partial charge in [0.15, 0.2) is 0 Å². The van der Waals surface area contributed by atoms with E-state index >= 15 is 0 Å². The standard InChI is InChI=1S/C21H20N2/c22-20-13-6-16(7-14-20)8-15-21(23)19-11-9-18(10-12-19)17-4-2-1-3-5-17/h1-7,9-15H,8,22-23H2/b21-15-. The van der Waals surface area contributed by atoms with Crippen LogP contribution in [0.2, 0.25) is 0 Å². The molecule has 0 heterocycles. The molecule has 23 heavy (non-hydrogen) atoms. The highest BCUT2D eigenvalue weighted by atomic mass is 14.6. The third kappa shape index (κ3) is 3.80. The second kappa shape index (κ2) is 6.84. The van der Waals surface area contributed by atoms with E-state index in [2.05, 4.69) is 36.4 Å². The Kier molecular flexibility index (Phi) is 4.44. The lowest BCUT2D eigenvalue weighted by atomic mass is 10.0. The van der Waals surface area contributed by atoms with Gasteiger partial charge in [-0.1, -0.05) is 72.8 Å². The molecule has 0 aliphatic heterocycles. The smallest absolute Gasteiger partial charge is 0.0350 e. The van der Waals surface area contributed by atoms with E-state index in [1.165, 1.54) is 16.7 Å². The lowest BCUT2D eigenvalue weighted by molar-refractivity contribution is 1.26. The average molecular weight is 300 g/mol.